The second-order valence-electron chi connectivity index (χ2n) is 8.51. The smallest absolute Gasteiger partial charge is 0.0951 e. The minimum absolute atomic E-state index is 0.144. The van der Waals surface area contributed by atoms with E-state index in [2.05, 4.69) is 71.6 Å². The van der Waals surface area contributed by atoms with Crippen LogP contribution in [0.3, 0.4) is 0 Å². The molecule has 0 spiro atoms. The van der Waals surface area contributed by atoms with Crippen molar-refractivity contribution in [2.24, 2.45) is 0 Å². The van der Waals surface area contributed by atoms with Gasteiger partial charge in [-0.3, -0.25) is 0 Å². The molecule has 2 aliphatic rings. The van der Waals surface area contributed by atoms with Gasteiger partial charge in [0.15, 0.2) is 0 Å². The molecule has 2 aromatic carbocycles. The van der Waals surface area contributed by atoms with Crippen LogP contribution < -0.4 is 5.32 Å². The zero-order valence-corrected chi connectivity index (χ0v) is 19.1. The Morgan fingerprint density at radius 1 is 1.03 bits per heavy atom. The van der Waals surface area contributed by atoms with Crippen molar-refractivity contribution in [3.05, 3.63) is 71.8 Å². The van der Waals surface area contributed by atoms with Crippen LogP contribution in [0.2, 0.25) is 0 Å². The molecule has 4 heteroatoms. The van der Waals surface area contributed by atoms with Crippen molar-refractivity contribution < 1.29 is 4.74 Å². The van der Waals surface area contributed by atoms with Crippen molar-refractivity contribution >= 4 is 17.5 Å². The van der Waals surface area contributed by atoms with E-state index in [-0.39, 0.29) is 5.60 Å². The Morgan fingerprint density at radius 3 is 2.23 bits per heavy atom. The summed E-state index contributed by atoms with van der Waals surface area (Å²) in [5.41, 5.74) is 5.00. The van der Waals surface area contributed by atoms with E-state index in [1.54, 1.807) is 11.8 Å². The van der Waals surface area contributed by atoms with Crippen molar-refractivity contribution in [2.75, 3.05) is 39.5 Å². The molecule has 160 valence electrons. The van der Waals surface area contributed by atoms with Crippen LogP contribution in [0, 0.1) is 0 Å². The maximum absolute atomic E-state index is 5.98. The van der Waals surface area contributed by atoms with Crippen LogP contribution in [0.15, 0.2) is 60.0 Å². The van der Waals surface area contributed by atoms with Crippen molar-refractivity contribution in [2.45, 2.75) is 42.1 Å². The first kappa shape index (κ1) is 21.5. The van der Waals surface area contributed by atoms with Crippen LogP contribution in [0.1, 0.15) is 48.3 Å². The fraction of sp³-hybridized carbons (Fsp3) is 0.462. The molecule has 4 rings (SSSR count). The number of ether oxygens (including phenoxy) is 1. The van der Waals surface area contributed by atoms with E-state index in [0.29, 0.717) is 5.92 Å². The topological polar surface area (TPSA) is 24.5 Å². The fourth-order valence-electron chi connectivity index (χ4n) is 4.95. The van der Waals surface area contributed by atoms with Crippen LogP contribution in [-0.2, 0) is 10.3 Å². The second-order valence-corrected chi connectivity index (χ2v) is 9.39. The van der Waals surface area contributed by atoms with E-state index in [1.165, 1.54) is 34.4 Å². The number of methoxy groups -OCH3 is 1. The molecule has 2 heterocycles. The van der Waals surface area contributed by atoms with Crippen molar-refractivity contribution in [3.63, 3.8) is 0 Å². The number of nitrogens with zero attached hydrogens (tertiary/aromatic N) is 1. The number of nitrogens with one attached hydrogen (secondary N) is 1. The largest absolute Gasteiger partial charge is 0.373 e. The number of likely N-dealkylation sites (tertiary alicyclic amines) is 1. The predicted octanol–water partition coefficient (Wildman–Crippen LogP) is 5.48. The number of hydrogen-bond acceptors (Lipinski definition) is 4. The highest BCUT2D eigenvalue weighted by Gasteiger charge is 2.33. The first-order valence-corrected chi connectivity index (χ1v) is 12.3. The Hall–Kier alpha value is -1.75. The highest BCUT2D eigenvalue weighted by Crippen LogP contribution is 2.36. The highest BCUT2D eigenvalue weighted by molar-refractivity contribution is 7.98. The summed E-state index contributed by atoms with van der Waals surface area (Å²) >= 11 is 1.81. The Bertz CT molecular complexity index is 832. The van der Waals surface area contributed by atoms with Crippen LogP contribution >= 0.6 is 11.8 Å². The summed E-state index contributed by atoms with van der Waals surface area (Å²) in [4.78, 5) is 3.80. The lowest BCUT2D eigenvalue weighted by Gasteiger charge is -2.37. The van der Waals surface area contributed by atoms with Crippen molar-refractivity contribution in [1.82, 2.24) is 10.2 Å². The third-order valence-corrected chi connectivity index (χ3v) is 7.75. The molecule has 2 aromatic rings. The highest BCUT2D eigenvalue weighted by atomic mass is 32.2. The molecule has 30 heavy (non-hydrogen) atoms. The quantitative estimate of drug-likeness (QED) is 0.623. The Balaban J connectivity index is 1.38. The van der Waals surface area contributed by atoms with E-state index in [9.17, 15) is 0 Å². The van der Waals surface area contributed by atoms with Gasteiger partial charge in [0.1, 0.15) is 0 Å². The molecule has 0 saturated carbocycles. The van der Waals surface area contributed by atoms with Gasteiger partial charge in [0.05, 0.1) is 5.60 Å². The number of rotatable bonds is 6. The van der Waals surface area contributed by atoms with Gasteiger partial charge in [-0.1, -0.05) is 43.0 Å². The standard InChI is InChI=1S/C26H34N2OS/c1-20(21-4-8-24(9-5-21)26(29-2)14-16-27-17-15-26)28-18-12-23(13-19-28)22-6-10-25(30-3)11-7-22/h4-11,23,27H,1,12-19H2,2-3H3. The first-order chi connectivity index (χ1) is 14.6. The van der Waals surface area contributed by atoms with Crippen LogP contribution in [-0.4, -0.2) is 44.4 Å². The van der Waals surface area contributed by atoms with Gasteiger partial charge in [-0.05, 0) is 79.8 Å². The summed E-state index contributed by atoms with van der Waals surface area (Å²) in [6.45, 7) is 8.60. The molecule has 1 N–H and O–H groups in total. The molecule has 0 aliphatic carbocycles. The number of hydrogen-bond donors (Lipinski definition) is 1. The Labute approximate surface area is 185 Å². The maximum atomic E-state index is 5.98. The van der Waals surface area contributed by atoms with Crippen LogP contribution in [0.25, 0.3) is 5.70 Å². The molecule has 3 nitrogen and oxygen atoms in total. The Morgan fingerprint density at radius 2 is 1.67 bits per heavy atom. The van der Waals surface area contributed by atoms with Gasteiger partial charge < -0.3 is 15.0 Å². The zero-order valence-electron chi connectivity index (χ0n) is 18.3. The molecule has 0 atom stereocenters. The Kier molecular flexibility index (Phi) is 6.87. The monoisotopic (exact) mass is 422 g/mol. The van der Waals surface area contributed by atoms with Gasteiger partial charge in [-0.2, -0.15) is 0 Å². The summed E-state index contributed by atoms with van der Waals surface area (Å²) in [6.07, 6.45) is 6.56. The van der Waals surface area contributed by atoms with E-state index in [4.69, 9.17) is 4.74 Å². The summed E-state index contributed by atoms with van der Waals surface area (Å²) in [7, 11) is 1.84. The van der Waals surface area contributed by atoms with E-state index >= 15 is 0 Å². The summed E-state index contributed by atoms with van der Waals surface area (Å²) in [5.74, 6) is 0.661. The number of thioether (sulfide) groups is 1. The molecule has 0 unspecified atom stereocenters. The average Bonchev–Trinajstić information content (AvgIpc) is 2.84. The second kappa shape index (κ2) is 9.59. The molecule has 2 saturated heterocycles. The van der Waals surface area contributed by atoms with Crippen LogP contribution in [0.4, 0.5) is 0 Å². The normalized spacial score (nSPS) is 19.6. The van der Waals surface area contributed by atoms with Gasteiger partial charge >= 0.3 is 0 Å². The summed E-state index contributed by atoms with van der Waals surface area (Å²) in [6, 6.07) is 18.1. The molecular weight excluding hydrogens is 388 g/mol. The molecule has 0 bridgehead atoms. The van der Waals surface area contributed by atoms with Crippen molar-refractivity contribution in [1.29, 1.82) is 0 Å². The van der Waals surface area contributed by atoms with Gasteiger partial charge in [-0.25, -0.2) is 0 Å². The molecule has 2 aliphatic heterocycles. The van der Waals surface area contributed by atoms with E-state index < -0.39 is 0 Å². The first-order valence-electron chi connectivity index (χ1n) is 11.1. The molecule has 0 amide bonds. The number of piperidine rings is 2. The minimum Gasteiger partial charge on any atom is -0.373 e. The average molecular weight is 423 g/mol. The lowest BCUT2D eigenvalue weighted by atomic mass is 9.84. The minimum atomic E-state index is -0.144. The SMILES string of the molecule is C=C(c1ccc(C2(OC)CCNCC2)cc1)N1CCC(c2ccc(SC)cc2)CC1. The third kappa shape index (κ3) is 4.46. The van der Waals surface area contributed by atoms with Gasteiger partial charge in [0.25, 0.3) is 0 Å². The summed E-state index contributed by atoms with van der Waals surface area (Å²) in [5, 5.41) is 3.44. The van der Waals surface area contributed by atoms with Gasteiger partial charge in [-0.15, -0.1) is 11.8 Å². The van der Waals surface area contributed by atoms with E-state index in [0.717, 1.165) is 44.7 Å². The van der Waals surface area contributed by atoms with Crippen molar-refractivity contribution in [3.8, 4) is 0 Å². The lowest BCUT2D eigenvalue weighted by molar-refractivity contribution is -0.0391. The van der Waals surface area contributed by atoms with Gasteiger partial charge in [0, 0.05) is 30.8 Å². The molecule has 2 fully saturated rings. The van der Waals surface area contributed by atoms with E-state index in [1.807, 2.05) is 7.11 Å². The number of benzene rings is 2. The molecular formula is C26H34N2OS. The third-order valence-electron chi connectivity index (χ3n) is 7.01. The zero-order chi connectivity index (χ0) is 21.0. The summed E-state index contributed by atoms with van der Waals surface area (Å²) < 4.78 is 5.98. The maximum Gasteiger partial charge on any atom is 0.0951 e. The fourth-order valence-corrected chi connectivity index (χ4v) is 5.36. The van der Waals surface area contributed by atoms with Gasteiger partial charge in [0.2, 0.25) is 0 Å². The molecule has 0 radical (unpaired) electrons. The predicted molar refractivity (Wildman–Crippen MR) is 128 cm³/mol. The lowest BCUT2D eigenvalue weighted by Crippen LogP contribution is -2.41. The molecule has 0 aromatic heterocycles. The van der Waals surface area contributed by atoms with Crippen LogP contribution in [0.5, 0.6) is 0 Å².